The van der Waals surface area contributed by atoms with Crippen molar-refractivity contribution in [3.63, 3.8) is 0 Å². The van der Waals surface area contributed by atoms with Gasteiger partial charge in [-0.25, -0.2) is 9.37 Å². The van der Waals surface area contributed by atoms with E-state index in [-0.39, 0.29) is 5.69 Å². The summed E-state index contributed by atoms with van der Waals surface area (Å²) >= 11 is 0. The number of pyridine rings is 1. The van der Waals surface area contributed by atoms with Crippen molar-refractivity contribution in [3.05, 3.63) is 36.0 Å². The quantitative estimate of drug-likeness (QED) is 0.776. The number of hydrogen-bond donors (Lipinski definition) is 3. The molecule has 7 nitrogen and oxygen atoms in total. The Balaban J connectivity index is 1.51. The van der Waals surface area contributed by atoms with Crippen molar-refractivity contribution in [3.8, 4) is 0 Å². The Morgan fingerprint density at radius 3 is 2.79 bits per heavy atom. The van der Waals surface area contributed by atoms with Gasteiger partial charge in [0.05, 0.1) is 18.5 Å². The molecule has 2 aliphatic rings. The molecule has 0 radical (unpaired) electrons. The van der Waals surface area contributed by atoms with Gasteiger partial charge in [-0.3, -0.25) is 4.98 Å². The zero-order valence-corrected chi connectivity index (χ0v) is 13.1. The number of hydrogen-bond acceptors (Lipinski definition) is 7. The number of nitrogens with one attached hydrogen (secondary N) is 2. The Bertz CT molecular complexity index is 730. The fraction of sp³-hybridized carbons (Fsp3) is 0.438. The number of piperazine rings is 1. The molecule has 2 atom stereocenters. The molecule has 2 fully saturated rings. The highest BCUT2D eigenvalue weighted by molar-refractivity contribution is 5.54. The second-order valence-corrected chi connectivity index (χ2v) is 6.22. The molecule has 2 aromatic rings. The van der Waals surface area contributed by atoms with E-state index in [4.69, 9.17) is 5.11 Å². The number of rotatable bonds is 4. The number of aliphatic hydroxyl groups excluding tert-OH is 1. The van der Waals surface area contributed by atoms with E-state index < -0.39 is 12.4 Å². The molecule has 8 heteroatoms. The smallest absolute Gasteiger partial charge is 0.229 e. The third kappa shape index (κ3) is 3.02. The van der Waals surface area contributed by atoms with Crippen molar-refractivity contribution >= 4 is 17.5 Å². The van der Waals surface area contributed by atoms with Gasteiger partial charge in [0.15, 0.2) is 0 Å². The molecule has 2 bridgehead atoms. The van der Waals surface area contributed by atoms with E-state index in [1.807, 2.05) is 6.07 Å². The lowest BCUT2D eigenvalue weighted by molar-refractivity contribution is 0.270. The van der Waals surface area contributed by atoms with Crippen LogP contribution < -0.4 is 15.5 Å². The summed E-state index contributed by atoms with van der Waals surface area (Å²) in [5, 5.41) is 15.5. The van der Waals surface area contributed by atoms with Crippen LogP contribution in [0.5, 0.6) is 0 Å². The van der Waals surface area contributed by atoms with Crippen LogP contribution >= 0.6 is 0 Å². The van der Waals surface area contributed by atoms with Gasteiger partial charge in [0, 0.05) is 37.4 Å². The van der Waals surface area contributed by atoms with Gasteiger partial charge in [0.25, 0.3) is 0 Å². The van der Waals surface area contributed by atoms with Crippen LogP contribution in [0.4, 0.5) is 21.8 Å². The third-order valence-corrected chi connectivity index (χ3v) is 4.50. The van der Waals surface area contributed by atoms with Crippen LogP contribution in [0, 0.1) is 5.82 Å². The molecule has 0 aliphatic carbocycles. The average molecular weight is 330 g/mol. The molecule has 24 heavy (non-hydrogen) atoms. The molecule has 4 rings (SSSR count). The van der Waals surface area contributed by atoms with E-state index in [1.165, 1.54) is 25.1 Å². The lowest BCUT2D eigenvalue weighted by Gasteiger charge is -2.33. The van der Waals surface area contributed by atoms with Gasteiger partial charge in [0.1, 0.15) is 17.3 Å². The Morgan fingerprint density at radius 1 is 1.29 bits per heavy atom. The fourth-order valence-electron chi connectivity index (χ4n) is 3.35. The Morgan fingerprint density at radius 2 is 2.08 bits per heavy atom. The molecule has 0 saturated carbocycles. The lowest BCUT2D eigenvalue weighted by atomic mass is 10.2. The normalized spacial score (nSPS) is 22.7. The monoisotopic (exact) mass is 330 g/mol. The van der Waals surface area contributed by atoms with Crippen molar-refractivity contribution in [2.24, 2.45) is 0 Å². The number of aromatic nitrogens is 3. The minimum atomic E-state index is -0.558. The Labute approximate surface area is 139 Å². The highest BCUT2D eigenvalue weighted by atomic mass is 19.1. The summed E-state index contributed by atoms with van der Waals surface area (Å²) in [6, 6.07) is 4.22. The molecule has 2 aliphatic heterocycles. The first-order valence-corrected chi connectivity index (χ1v) is 8.07. The van der Waals surface area contributed by atoms with E-state index in [0.29, 0.717) is 23.7 Å². The number of halogens is 1. The molecule has 2 saturated heterocycles. The van der Waals surface area contributed by atoms with Crippen molar-refractivity contribution in [2.75, 3.05) is 23.3 Å². The zero-order valence-electron chi connectivity index (χ0n) is 13.1. The number of aliphatic hydroxyl groups is 1. The predicted octanol–water partition coefficient (Wildman–Crippen LogP) is 1.19. The van der Waals surface area contributed by atoms with Gasteiger partial charge in [-0.1, -0.05) is 0 Å². The van der Waals surface area contributed by atoms with Gasteiger partial charge in [-0.2, -0.15) is 4.98 Å². The van der Waals surface area contributed by atoms with Gasteiger partial charge in [0.2, 0.25) is 5.95 Å². The van der Waals surface area contributed by atoms with Crippen LogP contribution in [0.1, 0.15) is 18.5 Å². The topological polar surface area (TPSA) is 86.2 Å². The largest absolute Gasteiger partial charge is 0.390 e. The van der Waals surface area contributed by atoms with Crippen molar-refractivity contribution in [1.29, 1.82) is 0 Å². The standard InChI is InChI=1S/C16H19FN6O/c17-13-5-12(6-19-14(13)9-24)21-16-18-4-3-15(22-16)23-7-10-1-2-11(8-23)20-10/h3-6,10-11,20,24H,1-2,7-9H2,(H,18,21,22). The van der Waals surface area contributed by atoms with Crippen LogP contribution in [-0.4, -0.2) is 45.2 Å². The van der Waals surface area contributed by atoms with Gasteiger partial charge < -0.3 is 20.6 Å². The summed E-state index contributed by atoms with van der Waals surface area (Å²) in [5.41, 5.74) is 0.466. The summed E-state index contributed by atoms with van der Waals surface area (Å²) in [5.74, 6) is 0.708. The summed E-state index contributed by atoms with van der Waals surface area (Å²) in [4.78, 5) is 14.9. The van der Waals surface area contributed by atoms with Crippen LogP contribution in [0.15, 0.2) is 24.5 Å². The minimum Gasteiger partial charge on any atom is -0.390 e. The molecule has 126 valence electrons. The second-order valence-electron chi connectivity index (χ2n) is 6.22. The van der Waals surface area contributed by atoms with E-state index in [0.717, 1.165) is 18.9 Å². The second kappa shape index (κ2) is 6.29. The first-order valence-electron chi connectivity index (χ1n) is 8.07. The summed E-state index contributed by atoms with van der Waals surface area (Å²) in [6.07, 6.45) is 5.56. The molecule has 0 amide bonds. The molecular weight excluding hydrogens is 311 g/mol. The minimum absolute atomic E-state index is 0.0199. The predicted molar refractivity (Wildman–Crippen MR) is 87.6 cm³/mol. The molecule has 2 unspecified atom stereocenters. The lowest BCUT2D eigenvalue weighted by Crippen LogP contribution is -2.51. The van der Waals surface area contributed by atoms with Crippen molar-refractivity contribution in [2.45, 2.75) is 31.5 Å². The average Bonchev–Trinajstić information content (AvgIpc) is 2.93. The van der Waals surface area contributed by atoms with Gasteiger partial charge >= 0.3 is 0 Å². The van der Waals surface area contributed by atoms with Crippen molar-refractivity contribution < 1.29 is 9.50 Å². The molecule has 3 N–H and O–H groups in total. The number of anilines is 3. The molecule has 0 aromatic carbocycles. The fourth-order valence-corrected chi connectivity index (χ4v) is 3.35. The maximum Gasteiger partial charge on any atom is 0.229 e. The van der Waals surface area contributed by atoms with E-state index in [1.54, 1.807) is 6.20 Å². The summed E-state index contributed by atoms with van der Waals surface area (Å²) < 4.78 is 13.7. The van der Waals surface area contributed by atoms with Crippen LogP contribution in [0.3, 0.4) is 0 Å². The summed E-state index contributed by atoms with van der Waals surface area (Å²) in [7, 11) is 0. The first-order chi connectivity index (χ1) is 11.7. The van der Waals surface area contributed by atoms with Crippen LogP contribution in [-0.2, 0) is 6.61 Å². The van der Waals surface area contributed by atoms with E-state index >= 15 is 0 Å². The Hall–Kier alpha value is -2.32. The maximum atomic E-state index is 13.7. The van der Waals surface area contributed by atoms with E-state index in [9.17, 15) is 4.39 Å². The van der Waals surface area contributed by atoms with Gasteiger partial charge in [-0.15, -0.1) is 0 Å². The molecule has 0 spiro atoms. The first kappa shape index (κ1) is 15.2. The van der Waals surface area contributed by atoms with Crippen molar-refractivity contribution in [1.82, 2.24) is 20.3 Å². The maximum absolute atomic E-state index is 13.7. The van der Waals surface area contributed by atoms with Gasteiger partial charge in [-0.05, 0) is 18.9 Å². The SMILES string of the molecule is OCc1ncc(Nc2nccc(N3CC4CCC(C3)N4)n2)cc1F. The molecule has 2 aromatic heterocycles. The van der Waals surface area contributed by atoms with Crippen LogP contribution in [0.25, 0.3) is 0 Å². The number of nitrogens with zero attached hydrogens (tertiary/aromatic N) is 4. The zero-order chi connectivity index (χ0) is 16.5. The van der Waals surface area contributed by atoms with Crippen LogP contribution in [0.2, 0.25) is 0 Å². The highest BCUT2D eigenvalue weighted by Crippen LogP contribution is 2.24. The third-order valence-electron chi connectivity index (χ3n) is 4.50. The molecular formula is C16H19FN6O. The summed E-state index contributed by atoms with van der Waals surface area (Å²) in [6.45, 7) is 1.45. The van der Waals surface area contributed by atoms with E-state index in [2.05, 4.69) is 30.5 Å². The number of fused-ring (bicyclic) bond motifs is 2. The molecule has 4 heterocycles. The highest BCUT2D eigenvalue weighted by Gasteiger charge is 2.32. The Kier molecular flexibility index (Phi) is 3.99.